The zero-order chi connectivity index (χ0) is 8.20. The molecule has 2 heteroatoms. The third-order valence-corrected chi connectivity index (χ3v) is 1.41. The van der Waals surface area contributed by atoms with Crippen molar-refractivity contribution in [1.29, 1.82) is 0 Å². The number of hydrogen-bond donors (Lipinski definition) is 2. The van der Waals surface area contributed by atoms with Crippen molar-refractivity contribution < 1.29 is 0 Å². The van der Waals surface area contributed by atoms with Gasteiger partial charge in [0.2, 0.25) is 0 Å². The summed E-state index contributed by atoms with van der Waals surface area (Å²) in [4.78, 5) is 0. The first-order valence-corrected chi connectivity index (χ1v) is 3.97. The Labute approximate surface area is 64.2 Å². The highest BCUT2D eigenvalue weighted by Crippen LogP contribution is 2.02. The van der Waals surface area contributed by atoms with Crippen molar-refractivity contribution in [3.8, 4) is 0 Å². The van der Waals surface area contributed by atoms with Crippen molar-refractivity contribution in [2.75, 3.05) is 6.54 Å². The van der Waals surface area contributed by atoms with Gasteiger partial charge in [-0.05, 0) is 27.2 Å². The quantitative estimate of drug-likeness (QED) is 0.622. The maximum atomic E-state index is 5.53. The molecule has 0 aromatic heterocycles. The van der Waals surface area contributed by atoms with Crippen LogP contribution in [0.5, 0.6) is 0 Å². The fourth-order valence-corrected chi connectivity index (χ4v) is 0.940. The van der Waals surface area contributed by atoms with Gasteiger partial charge in [-0.15, -0.1) is 0 Å². The van der Waals surface area contributed by atoms with E-state index >= 15 is 0 Å². The molecule has 0 aromatic carbocycles. The summed E-state index contributed by atoms with van der Waals surface area (Å²) in [6, 6.07) is 0.472. The lowest BCUT2D eigenvalue weighted by molar-refractivity contribution is 0.355. The molecule has 0 aromatic rings. The molecule has 3 N–H and O–H groups in total. The molecule has 0 aliphatic rings. The fourth-order valence-electron chi connectivity index (χ4n) is 0.940. The first kappa shape index (κ1) is 9.92. The summed E-state index contributed by atoms with van der Waals surface area (Å²) in [6.45, 7) is 9.35. The maximum absolute atomic E-state index is 5.53. The molecule has 0 amide bonds. The summed E-state index contributed by atoms with van der Waals surface area (Å²) in [5.41, 5.74) is 5.72. The first-order chi connectivity index (χ1) is 4.49. The molecule has 0 spiro atoms. The Hall–Kier alpha value is -0.0800. The van der Waals surface area contributed by atoms with Crippen LogP contribution in [0.3, 0.4) is 0 Å². The molecule has 0 bridgehead atoms. The highest BCUT2D eigenvalue weighted by molar-refractivity contribution is 4.77. The first-order valence-electron chi connectivity index (χ1n) is 3.97. The maximum Gasteiger partial charge on any atom is 0.0192 e. The molecule has 0 saturated carbocycles. The molecule has 0 aliphatic heterocycles. The van der Waals surface area contributed by atoms with Gasteiger partial charge in [0, 0.05) is 18.1 Å². The summed E-state index contributed by atoms with van der Waals surface area (Å²) >= 11 is 0. The summed E-state index contributed by atoms with van der Waals surface area (Å²) in [7, 11) is 0. The molecule has 0 heterocycles. The van der Waals surface area contributed by atoms with Gasteiger partial charge in [-0.3, -0.25) is 0 Å². The predicted octanol–water partition coefficient (Wildman–Crippen LogP) is 1.11. The van der Waals surface area contributed by atoms with Crippen LogP contribution < -0.4 is 11.1 Å². The number of nitrogens with one attached hydrogen (secondary N) is 1. The molecule has 62 valence electrons. The Balaban J connectivity index is 3.63. The molecular formula is C8H20N2. The largest absolute Gasteiger partial charge is 0.329 e. The normalized spacial score (nSPS) is 15.3. The minimum atomic E-state index is 0.194. The van der Waals surface area contributed by atoms with Gasteiger partial charge in [0.15, 0.2) is 0 Å². The van der Waals surface area contributed by atoms with Gasteiger partial charge in [0.1, 0.15) is 0 Å². The molecular weight excluding hydrogens is 124 g/mol. The molecule has 0 aliphatic carbocycles. The Kier molecular flexibility index (Phi) is 3.91. The van der Waals surface area contributed by atoms with Crippen molar-refractivity contribution >= 4 is 0 Å². The average molecular weight is 144 g/mol. The van der Waals surface area contributed by atoms with Crippen LogP contribution in [0.4, 0.5) is 0 Å². The van der Waals surface area contributed by atoms with Crippen LogP contribution >= 0.6 is 0 Å². The van der Waals surface area contributed by atoms with Gasteiger partial charge in [-0.1, -0.05) is 6.92 Å². The van der Waals surface area contributed by atoms with Crippen LogP contribution in [0.2, 0.25) is 0 Å². The third kappa shape index (κ3) is 4.77. The second-order valence-corrected chi connectivity index (χ2v) is 3.74. The predicted molar refractivity (Wildman–Crippen MR) is 46.0 cm³/mol. The van der Waals surface area contributed by atoms with Crippen molar-refractivity contribution in [3.05, 3.63) is 0 Å². The van der Waals surface area contributed by atoms with Crippen LogP contribution in [-0.4, -0.2) is 18.1 Å². The minimum Gasteiger partial charge on any atom is -0.329 e. The van der Waals surface area contributed by atoms with Gasteiger partial charge >= 0.3 is 0 Å². The van der Waals surface area contributed by atoms with Gasteiger partial charge in [-0.25, -0.2) is 0 Å². The Morgan fingerprint density at radius 1 is 1.40 bits per heavy atom. The van der Waals surface area contributed by atoms with E-state index in [0.717, 1.165) is 13.0 Å². The average Bonchev–Trinajstić information content (AvgIpc) is 1.81. The second kappa shape index (κ2) is 3.94. The van der Waals surface area contributed by atoms with Gasteiger partial charge in [0.05, 0.1) is 0 Å². The van der Waals surface area contributed by atoms with Crippen molar-refractivity contribution in [3.63, 3.8) is 0 Å². The van der Waals surface area contributed by atoms with E-state index in [4.69, 9.17) is 5.73 Å². The summed E-state index contributed by atoms with van der Waals surface area (Å²) in [6.07, 6.45) is 1.10. The lowest BCUT2D eigenvalue weighted by Gasteiger charge is -2.26. The van der Waals surface area contributed by atoms with E-state index in [0.29, 0.717) is 6.04 Å². The standard InChI is InChI=1S/C8H20N2/c1-5-7(6-9)10-8(2,3)4/h7,10H,5-6,9H2,1-4H3. The molecule has 0 rings (SSSR count). The number of rotatable bonds is 3. The molecule has 1 unspecified atom stereocenters. The summed E-state index contributed by atoms with van der Waals surface area (Å²) < 4.78 is 0. The fraction of sp³-hybridized carbons (Fsp3) is 1.00. The number of hydrogen-bond acceptors (Lipinski definition) is 2. The zero-order valence-electron chi connectivity index (χ0n) is 7.57. The molecule has 1 atom stereocenters. The van der Waals surface area contributed by atoms with E-state index in [2.05, 4.69) is 33.0 Å². The van der Waals surface area contributed by atoms with E-state index in [1.54, 1.807) is 0 Å². The zero-order valence-corrected chi connectivity index (χ0v) is 7.57. The SMILES string of the molecule is CCC(CN)NC(C)(C)C. The molecule has 0 radical (unpaired) electrons. The second-order valence-electron chi connectivity index (χ2n) is 3.74. The van der Waals surface area contributed by atoms with E-state index in [1.165, 1.54) is 0 Å². The van der Waals surface area contributed by atoms with Crippen LogP contribution in [-0.2, 0) is 0 Å². The van der Waals surface area contributed by atoms with E-state index < -0.39 is 0 Å². The Bertz CT molecular complexity index is 79.7. The Morgan fingerprint density at radius 2 is 1.90 bits per heavy atom. The highest BCUT2D eigenvalue weighted by atomic mass is 15.0. The van der Waals surface area contributed by atoms with Crippen LogP contribution in [0.1, 0.15) is 34.1 Å². The van der Waals surface area contributed by atoms with E-state index in [9.17, 15) is 0 Å². The molecule has 0 fully saturated rings. The lowest BCUT2D eigenvalue weighted by Crippen LogP contribution is -2.46. The number of nitrogens with two attached hydrogens (primary N) is 1. The lowest BCUT2D eigenvalue weighted by atomic mass is 10.1. The van der Waals surface area contributed by atoms with E-state index in [-0.39, 0.29) is 5.54 Å². The van der Waals surface area contributed by atoms with Crippen molar-refractivity contribution in [2.24, 2.45) is 5.73 Å². The smallest absolute Gasteiger partial charge is 0.0192 e. The van der Waals surface area contributed by atoms with Crippen LogP contribution in [0.25, 0.3) is 0 Å². The monoisotopic (exact) mass is 144 g/mol. The van der Waals surface area contributed by atoms with Gasteiger partial charge in [0.25, 0.3) is 0 Å². The van der Waals surface area contributed by atoms with Gasteiger partial charge in [-0.2, -0.15) is 0 Å². The topological polar surface area (TPSA) is 38.0 Å². The minimum absolute atomic E-state index is 0.194. The van der Waals surface area contributed by atoms with Gasteiger partial charge < -0.3 is 11.1 Å². The molecule has 0 saturated heterocycles. The van der Waals surface area contributed by atoms with E-state index in [1.807, 2.05) is 0 Å². The highest BCUT2D eigenvalue weighted by Gasteiger charge is 2.13. The summed E-state index contributed by atoms with van der Waals surface area (Å²) in [5, 5.41) is 3.43. The Morgan fingerprint density at radius 3 is 2.00 bits per heavy atom. The molecule has 2 nitrogen and oxygen atoms in total. The third-order valence-electron chi connectivity index (χ3n) is 1.41. The van der Waals surface area contributed by atoms with Crippen molar-refractivity contribution in [1.82, 2.24) is 5.32 Å². The van der Waals surface area contributed by atoms with Crippen LogP contribution in [0.15, 0.2) is 0 Å². The summed E-state index contributed by atoms with van der Waals surface area (Å²) in [5.74, 6) is 0. The molecule has 10 heavy (non-hydrogen) atoms. The van der Waals surface area contributed by atoms with Crippen LogP contribution in [0, 0.1) is 0 Å². The van der Waals surface area contributed by atoms with Crippen molar-refractivity contribution in [2.45, 2.75) is 45.7 Å².